The van der Waals surface area contributed by atoms with Gasteiger partial charge in [0.2, 0.25) is 0 Å². The zero-order chi connectivity index (χ0) is 16.8. The molecule has 24 heavy (non-hydrogen) atoms. The number of allylic oxidation sites excluding steroid dienone is 1. The monoisotopic (exact) mass is 314 g/mol. The molecule has 0 N–H and O–H groups in total. The van der Waals surface area contributed by atoms with Gasteiger partial charge in [0, 0.05) is 18.3 Å². The van der Waals surface area contributed by atoms with Gasteiger partial charge in [-0.3, -0.25) is 0 Å². The largest absolute Gasteiger partial charge is 0.245 e. The van der Waals surface area contributed by atoms with Crippen LogP contribution in [0.2, 0.25) is 0 Å². The summed E-state index contributed by atoms with van der Waals surface area (Å²) in [6.07, 6.45) is 7.92. The van der Waals surface area contributed by atoms with Crippen LogP contribution in [0.3, 0.4) is 0 Å². The van der Waals surface area contributed by atoms with Crippen molar-refractivity contribution in [2.24, 2.45) is 0 Å². The summed E-state index contributed by atoms with van der Waals surface area (Å²) in [6.45, 7) is 6.34. The minimum absolute atomic E-state index is 0.799. The molecule has 0 radical (unpaired) electrons. The highest BCUT2D eigenvalue weighted by molar-refractivity contribution is 5.68. The molecule has 3 aromatic rings. The minimum atomic E-state index is 0.799. The number of aromatic nitrogens is 2. The summed E-state index contributed by atoms with van der Waals surface area (Å²) in [5.74, 6) is 0. The van der Waals surface area contributed by atoms with Crippen molar-refractivity contribution >= 4 is 17.8 Å². The van der Waals surface area contributed by atoms with Gasteiger partial charge >= 0.3 is 0 Å². The third-order valence-electron chi connectivity index (χ3n) is 4.02. The molecular formula is C22H22N2. The van der Waals surface area contributed by atoms with Gasteiger partial charge in [-0.25, -0.2) is 4.68 Å². The van der Waals surface area contributed by atoms with E-state index in [0.717, 1.165) is 24.2 Å². The number of hydrogen-bond acceptors (Lipinski definition) is 1. The molecular weight excluding hydrogens is 292 g/mol. The molecule has 1 aromatic heterocycles. The maximum atomic E-state index is 4.59. The Labute approximate surface area is 143 Å². The second-order valence-electron chi connectivity index (χ2n) is 5.84. The van der Waals surface area contributed by atoms with Crippen LogP contribution in [0, 0.1) is 0 Å². The van der Waals surface area contributed by atoms with Gasteiger partial charge in [-0.15, -0.1) is 0 Å². The summed E-state index contributed by atoms with van der Waals surface area (Å²) in [7, 11) is 0. The van der Waals surface area contributed by atoms with Crippen molar-refractivity contribution in [1.82, 2.24) is 9.78 Å². The lowest BCUT2D eigenvalue weighted by Gasteiger charge is -2.06. The van der Waals surface area contributed by atoms with Gasteiger partial charge in [0.05, 0.1) is 5.69 Å². The van der Waals surface area contributed by atoms with Crippen molar-refractivity contribution in [1.29, 1.82) is 0 Å². The Bertz CT molecular complexity index is 824. The number of aryl methyl sites for hydroxylation is 1. The van der Waals surface area contributed by atoms with Gasteiger partial charge in [0.25, 0.3) is 0 Å². The van der Waals surface area contributed by atoms with Crippen molar-refractivity contribution in [2.75, 3.05) is 0 Å². The predicted octanol–water partition coefficient (Wildman–Crippen LogP) is 5.33. The molecule has 0 aliphatic heterocycles. The van der Waals surface area contributed by atoms with E-state index in [9.17, 15) is 0 Å². The molecule has 0 unspecified atom stereocenters. The second kappa shape index (κ2) is 7.60. The fraction of sp³-hybridized carbons (Fsp3) is 0.136. The van der Waals surface area contributed by atoms with Crippen molar-refractivity contribution in [2.45, 2.75) is 19.8 Å². The van der Waals surface area contributed by atoms with Crippen LogP contribution >= 0.6 is 0 Å². The fourth-order valence-electron chi connectivity index (χ4n) is 2.56. The van der Waals surface area contributed by atoms with Gasteiger partial charge in [-0.1, -0.05) is 74.2 Å². The Morgan fingerprint density at radius 2 is 1.67 bits per heavy atom. The third kappa shape index (κ3) is 4.11. The lowest BCUT2D eigenvalue weighted by atomic mass is 10.1. The van der Waals surface area contributed by atoms with Crippen molar-refractivity contribution in [3.05, 3.63) is 95.8 Å². The quantitative estimate of drug-likeness (QED) is 0.601. The third-order valence-corrected chi connectivity index (χ3v) is 4.02. The Balaban J connectivity index is 1.65. The standard InChI is InChI=1S/C22H22N2/c1-3-19-9-11-21(12-10-19)17-18(2)24-16-15-22(23-24)14-13-20-7-5-4-6-8-20/h4-16H,2-3,17H2,1H3/b14-13+. The first-order valence-electron chi connectivity index (χ1n) is 8.29. The predicted molar refractivity (Wildman–Crippen MR) is 102 cm³/mol. The van der Waals surface area contributed by atoms with Gasteiger partial charge in [0.1, 0.15) is 0 Å². The van der Waals surface area contributed by atoms with Crippen LogP contribution in [0.25, 0.3) is 17.8 Å². The topological polar surface area (TPSA) is 17.8 Å². The summed E-state index contributed by atoms with van der Waals surface area (Å²) in [5.41, 5.74) is 5.69. The van der Waals surface area contributed by atoms with E-state index in [1.807, 2.05) is 41.2 Å². The molecule has 2 aromatic carbocycles. The molecule has 0 fully saturated rings. The lowest BCUT2D eigenvalue weighted by molar-refractivity contribution is 0.871. The summed E-state index contributed by atoms with van der Waals surface area (Å²) in [5, 5.41) is 4.59. The van der Waals surface area contributed by atoms with Crippen LogP contribution in [0.1, 0.15) is 29.3 Å². The Kier molecular flexibility index (Phi) is 5.07. The van der Waals surface area contributed by atoms with Gasteiger partial charge in [-0.05, 0) is 35.3 Å². The molecule has 0 aliphatic carbocycles. The fourth-order valence-corrected chi connectivity index (χ4v) is 2.56. The molecule has 0 atom stereocenters. The Hall–Kier alpha value is -2.87. The van der Waals surface area contributed by atoms with E-state index >= 15 is 0 Å². The zero-order valence-electron chi connectivity index (χ0n) is 14.0. The molecule has 120 valence electrons. The Morgan fingerprint density at radius 3 is 2.38 bits per heavy atom. The van der Waals surface area contributed by atoms with E-state index in [4.69, 9.17) is 0 Å². The summed E-state index contributed by atoms with van der Waals surface area (Å²) in [6, 6.07) is 20.9. The lowest BCUT2D eigenvalue weighted by Crippen LogP contribution is -2.00. The van der Waals surface area contributed by atoms with Crippen molar-refractivity contribution in [3.8, 4) is 0 Å². The van der Waals surface area contributed by atoms with Crippen LogP contribution in [0.4, 0.5) is 0 Å². The highest BCUT2D eigenvalue weighted by Crippen LogP contribution is 2.14. The second-order valence-corrected chi connectivity index (χ2v) is 5.84. The molecule has 0 amide bonds. The molecule has 0 saturated heterocycles. The first-order valence-corrected chi connectivity index (χ1v) is 8.29. The van der Waals surface area contributed by atoms with Gasteiger partial charge in [-0.2, -0.15) is 5.10 Å². The van der Waals surface area contributed by atoms with Crippen LogP contribution in [-0.2, 0) is 12.8 Å². The Morgan fingerprint density at radius 1 is 0.958 bits per heavy atom. The first-order chi connectivity index (χ1) is 11.7. The van der Waals surface area contributed by atoms with E-state index in [1.54, 1.807) is 0 Å². The SMILES string of the molecule is C=C(Cc1ccc(CC)cc1)n1ccc(/C=C/c2ccccc2)n1. The summed E-state index contributed by atoms with van der Waals surface area (Å²) < 4.78 is 1.86. The highest BCUT2D eigenvalue weighted by atomic mass is 15.3. The molecule has 2 heteroatoms. The average molecular weight is 314 g/mol. The van der Waals surface area contributed by atoms with Crippen LogP contribution in [-0.4, -0.2) is 9.78 Å². The molecule has 1 heterocycles. The van der Waals surface area contributed by atoms with E-state index in [1.165, 1.54) is 16.7 Å². The maximum Gasteiger partial charge on any atom is 0.0855 e. The molecule has 0 aliphatic rings. The number of hydrogen-bond donors (Lipinski definition) is 0. The number of benzene rings is 2. The van der Waals surface area contributed by atoms with E-state index in [-0.39, 0.29) is 0 Å². The van der Waals surface area contributed by atoms with E-state index in [0.29, 0.717) is 0 Å². The van der Waals surface area contributed by atoms with Gasteiger partial charge in [0.15, 0.2) is 0 Å². The number of nitrogens with zero attached hydrogens (tertiary/aromatic N) is 2. The number of rotatable bonds is 6. The minimum Gasteiger partial charge on any atom is -0.245 e. The molecule has 3 rings (SSSR count). The van der Waals surface area contributed by atoms with Crippen molar-refractivity contribution in [3.63, 3.8) is 0 Å². The highest BCUT2D eigenvalue weighted by Gasteiger charge is 2.02. The molecule has 0 spiro atoms. The van der Waals surface area contributed by atoms with Gasteiger partial charge < -0.3 is 0 Å². The van der Waals surface area contributed by atoms with E-state index in [2.05, 4.69) is 61.1 Å². The van der Waals surface area contributed by atoms with Crippen LogP contribution in [0.15, 0.2) is 73.4 Å². The van der Waals surface area contributed by atoms with Crippen LogP contribution in [0.5, 0.6) is 0 Å². The maximum absolute atomic E-state index is 4.59. The van der Waals surface area contributed by atoms with Crippen LogP contribution < -0.4 is 0 Å². The normalized spacial score (nSPS) is 11.0. The summed E-state index contributed by atoms with van der Waals surface area (Å²) in [4.78, 5) is 0. The molecule has 2 nitrogen and oxygen atoms in total. The summed E-state index contributed by atoms with van der Waals surface area (Å²) >= 11 is 0. The van der Waals surface area contributed by atoms with E-state index < -0.39 is 0 Å². The van der Waals surface area contributed by atoms with Crippen molar-refractivity contribution < 1.29 is 0 Å². The molecule has 0 bridgehead atoms. The smallest absolute Gasteiger partial charge is 0.0855 e. The first kappa shape index (κ1) is 16.0. The average Bonchev–Trinajstić information content (AvgIpc) is 3.11. The zero-order valence-corrected chi connectivity index (χ0v) is 14.0. The molecule has 0 saturated carbocycles.